The predicted molar refractivity (Wildman–Crippen MR) is 87.6 cm³/mol. The van der Waals surface area contributed by atoms with Crippen LogP contribution in [-0.2, 0) is 19.2 Å². The van der Waals surface area contributed by atoms with Crippen LogP contribution in [0.3, 0.4) is 0 Å². The molecule has 0 saturated heterocycles. The Morgan fingerprint density at radius 3 is 2.13 bits per heavy atom. The smallest absolute Gasteiger partial charge is 0.243 e. The van der Waals surface area contributed by atoms with Crippen LogP contribution in [0, 0.1) is 5.92 Å². The highest BCUT2D eigenvalue weighted by atomic mass is 16.2. The normalized spacial score (nSPS) is 11.7. The van der Waals surface area contributed by atoms with Crippen molar-refractivity contribution in [3.8, 4) is 0 Å². The van der Waals surface area contributed by atoms with Crippen molar-refractivity contribution in [3.63, 3.8) is 0 Å². The minimum absolute atomic E-state index is 0.00327. The number of carbonyl (C=O) groups is 4. The molecule has 3 N–H and O–H groups in total. The maximum absolute atomic E-state index is 12.0. The fourth-order valence-electron chi connectivity index (χ4n) is 1.87. The summed E-state index contributed by atoms with van der Waals surface area (Å²) in [6, 6.07) is -0.651. The molecule has 0 radical (unpaired) electrons. The van der Waals surface area contributed by atoms with E-state index < -0.39 is 6.04 Å². The maximum atomic E-state index is 12.0. The molecule has 1 atom stereocenters. The van der Waals surface area contributed by atoms with Gasteiger partial charge in [-0.2, -0.15) is 0 Å². The summed E-state index contributed by atoms with van der Waals surface area (Å²) in [5.74, 6) is -0.769. The van der Waals surface area contributed by atoms with Gasteiger partial charge in [0.25, 0.3) is 0 Å². The lowest BCUT2D eigenvalue weighted by atomic mass is 10.0. The third-order valence-corrected chi connectivity index (χ3v) is 3.25. The van der Waals surface area contributed by atoms with E-state index in [9.17, 15) is 19.2 Å². The zero-order chi connectivity index (χ0) is 17.8. The van der Waals surface area contributed by atoms with Crippen LogP contribution in [0.4, 0.5) is 0 Å². The zero-order valence-corrected chi connectivity index (χ0v) is 14.5. The molecule has 0 aromatic carbocycles. The second kappa shape index (κ2) is 11.6. The first-order valence-electron chi connectivity index (χ1n) is 8.11. The standard InChI is InChI=1S/C16H29N3O4/c1-5-13(21)17-9-7-6-8-14(22)19-15(11(2)3)16(23)18-10-12(4)20/h11,15H,5-10H2,1-4H3,(H,17,21)(H,18,23)(H,19,22). The Labute approximate surface area is 138 Å². The van der Waals surface area contributed by atoms with Crippen molar-refractivity contribution in [2.24, 2.45) is 5.92 Å². The Balaban J connectivity index is 4.13. The summed E-state index contributed by atoms with van der Waals surface area (Å²) in [7, 11) is 0. The summed E-state index contributed by atoms with van der Waals surface area (Å²) in [6.45, 7) is 7.35. The number of unbranched alkanes of at least 4 members (excludes halogenated alkanes) is 1. The van der Waals surface area contributed by atoms with Crippen LogP contribution in [0.15, 0.2) is 0 Å². The number of hydrogen-bond acceptors (Lipinski definition) is 4. The highest BCUT2D eigenvalue weighted by Gasteiger charge is 2.23. The van der Waals surface area contributed by atoms with E-state index in [0.29, 0.717) is 32.2 Å². The number of rotatable bonds is 11. The Morgan fingerprint density at radius 2 is 1.61 bits per heavy atom. The molecule has 1 unspecified atom stereocenters. The summed E-state index contributed by atoms with van der Waals surface area (Å²) < 4.78 is 0. The number of nitrogens with one attached hydrogen (secondary N) is 3. The van der Waals surface area contributed by atoms with Crippen LogP contribution in [0.1, 0.15) is 53.4 Å². The molecule has 0 fully saturated rings. The summed E-state index contributed by atoms with van der Waals surface area (Å²) >= 11 is 0. The van der Waals surface area contributed by atoms with Gasteiger partial charge in [0, 0.05) is 19.4 Å². The lowest BCUT2D eigenvalue weighted by molar-refractivity contribution is -0.131. The van der Waals surface area contributed by atoms with Crippen LogP contribution < -0.4 is 16.0 Å². The van der Waals surface area contributed by atoms with Crippen molar-refractivity contribution < 1.29 is 19.2 Å². The van der Waals surface area contributed by atoms with Crippen molar-refractivity contribution in [2.75, 3.05) is 13.1 Å². The lowest BCUT2D eigenvalue weighted by Crippen LogP contribution is -2.50. The first-order chi connectivity index (χ1) is 10.8. The summed E-state index contributed by atoms with van der Waals surface area (Å²) in [5, 5.41) is 7.96. The van der Waals surface area contributed by atoms with Crippen LogP contribution in [0.2, 0.25) is 0 Å². The Kier molecular flexibility index (Phi) is 10.7. The first-order valence-corrected chi connectivity index (χ1v) is 8.11. The largest absolute Gasteiger partial charge is 0.356 e. The Bertz CT molecular complexity index is 422. The SMILES string of the molecule is CCC(=O)NCCCCC(=O)NC(C(=O)NCC(C)=O)C(C)C. The summed E-state index contributed by atoms with van der Waals surface area (Å²) in [5.41, 5.74) is 0. The first kappa shape index (κ1) is 21.1. The van der Waals surface area contributed by atoms with Crippen LogP contribution in [0.5, 0.6) is 0 Å². The fourth-order valence-corrected chi connectivity index (χ4v) is 1.87. The highest BCUT2D eigenvalue weighted by Crippen LogP contribution is 2.03. The van der Waals surface area contributed by atoms with Gasteiger partial charge >= 0.3 is 0 Å². The van der Waals surface area contributed by atoms with E-state index in [4.69, 9.17) is 0 Å². The van der Waals surface area contributed by atoms with E-state index in [2.05, 4.69) is 16.0 Å². The minimum atomic E-state index is -0.651. The Morgan fingerprint density at radius 1 is 0.957 bits per heavy atom. The van der Waals surface area contributed by atoms with Gasteiger partial charge in [-0.25, -0.2) is 0 Å². The molecule has 0 saturated carbocycles. The second-order valence-corrected chi connectivity index (χ2v) is 5.87. The molecule has 7 nitrogen and oxygen atoms in total. The van der Waals surface area contributed by atoms with Crippen molar-refractivity contribution in [2.45, 2.75) is 59.4 Å². The van der Waals surface area contributed by atoms with Gasteiger partial charge < -0.3 is 16.0 Å². The van der Waals surface area contributed by atoms with E-state index in [-0.39, 0.29) is 36.0 Å². The number of ketones is 1. The summed E-state index contributed by atoms with van der Waals surface area (Å²) in [6.07, 6.45) is 2.09. The Hall–Kier alpha value is -1.92. The quantitative estimate of drug-likeness (QED) is 0.481. The van der Waals surface area contributed by atoms with Gasteiger partial charge in [-0.15, -0.1) is 0 Å². The van der Waals surface area contributed by atoms with Gasteiger partial charge in [-0.1, -0.05) is 20.8 Å². The van der Waals surface area contributed by atoms with Gasteiger partial charge in [-0.05, 0) is 25.7 Å². The average Bonchev–Trinajstić information content (AvgIpc) is 2.49. The molecule has 132 valence electrons. The molecule has 23 heavy (non-hydrogen) atoms. The highest BCUT2D eigenvalue weighted by molar-refractivity contribution is 5.90. The van der Waals surface area contributed by atoms with Gasteiger partial charge in [0.15, 0.2) is 0 Å². The molecule has 0 aliphatic rings. The molecule has 0 heterocycles. The molecule has 3 amide bonds. The minimum Gasteiger partial charge on any atom is -0.356 e. The van der Waals surface area contributed by atoms with E-state index in [1.165, 1.54) is 6.92 Å². The molecule has 0 spiro atoms. The van der Waals surface area contributed by atoms with Crippen molar-refractivity contribution in [1.29, 1.82) is 0 Å². The van der Waals surface area contributed by atoms with Gasteiger partial charge in [0.2, 0.25) is 17.7 Å². The zero-order valence-electron chi connectivity index (χ0n) is 14.5. The van der Waals surface area contributed by atoms with E-state index in [1.54, 1.807) is 6.92 Å². The number of Topliss-reactive ketones (excluding diaryl/α,β-unsaturated/α-hetero) is 1. The monoisotopic (exact) mass is 327 g/mol. The van der Waals surface area contributed by atoms with Crippen molar-refractivity contribution in [3.05, 3.63) is 0 Å². The number of amides is 3. The molecule has 0 aliphatic carbocycles. The van der Waals surface area contributed by atoms with Crippen molar-refractivity contribution >= 4 is 23.5 Å². The lowest BCUT2D eigenvalue weighted by Gasteiger charge is -2.21. The van der Waals surface area contributed by atoms with Gasteiger partial charge in [0.1, 0.15) is 11.8 Å². The molecular weight excluding hydrogens is 298 g/mol. The van der Waals surface area contributed by atoms with Crippen LogP contribution in [-0.4, -0.2) is 42.6 Å². The molecule has 0 aromatic rings. The summed E-state index contributed by atoms with van der Waals surface area (Å²) in [4.78, 5) is 45.8. The number of hydrogen-bond donors (Lipinski definition) is 3. The molecule has 0 aromatic heterocycles. The van der Waals surface area contributed by atoms with Crippen LogP contribution in [0.25, 0.3) is 0 Å². The van der Waals surface area contributed by atoms with E-state index in [0.717, 1.165) is 0 Å². The predicted octanol–water partition coefficient (Wildman–Crippen LogP) is 0.529. The molecular formula is C16H29N3O4. The van der Waals surface area contributed by atoms with Gasteiger partial charge in [-0.3, -0.25) is 19.2 Å². The molecule has 0 rings (SSSR count). The van der Waals surface area contributed by atoms with E-state index >= 15 is 0 Å². The third-order valence-electron chi connectivity index (χ3n) is 3.25. The van der Waals surface area contributed by atoms with E-state index in [1.807, 2.05) is 13.8 Å². The number of carbonyl (C=O) groups excluding carboxylic acids is 4. The molecule has 7 heteroatoms. The van der Waals surface area contributed by atoms with Gasteiger partial charge in [0.05, 0.1) is 6.54 Å². The molecule has 0 bridgehead atoms. The maximum Gasteiger partial charge on any atom is 0.243 e. The molecule has 0 aliphatic heterocycles. The average molecular weight is 327 g/mol. The second-order valence-electron chi connectivity index (χ2n) is 5.87. The third kappa shape index (κ3) is 10.4. The van der Waals surface area contributed by atoms with Crippen LogP contribution >= 0.6 is 0 Å². The topological polar surface area (TPSA) is 104 Å². The fraction of sp³-hybridized carbons (Fsp3) is 0.750. The van der Waals surface area contributed by atoms with Crippen molar-refractivity contribution in [1.82, 2.24) is 16.0 Å².